The number of hydrogen-bond acceptors (Lipinski definition) is 5. The van der Waals surface area contributed by atoms with E-state index < -0.39 is 10.0 Å². The molecule has 1 amide bonds. The molecule has 0 atom stereocenters. The van der Waals surface area contributed by atoms with Gasteiger partial charge in [0.1, 0.15) is 10.6 Å². The van der Waals surface area contributed by atoms with E-state index in [-0.39, 0.29) is 35.3 Å². The van der Waals surface area contributed by atoms with E-state index in [1.807, 2.05) is 18.2 Å². The number of para-hydroxylation sites is 1. The van der Waals surface area contributed by atoms with E-state index in [9.17, 15) is 13.2 Å². The fourth-order valence-electron chi connectivity index (χ4n) is 3.29. The molecule has 0 spiro atoms. The summed E-state index contributed by atoms with van der Waals surface area (Å²) < 4.78 is 32.2. The highest BCUT2D eigenvalue weighted by atomic mass is 35.5. The molecule has 0 aliphatic carbocycles. The van der Waals surface area contributed by atoms with Crippen LogP contribution in [0, 0.1) is 0 Å². The monoisotopic (exact) mass is 419 g/mol. The van der Waals surface area contributed by atoms with Gasteiger partial charge in [0.05, 0.1) is 11.4 Å². The van der Waals surface area contributed by atoms with Gasteiger partial charge in [-0.3, -0.25) is 4.79 Å². The second-order valence-corrected chi connectivity index (χ2v) is 8.83. The van der Waals surface area contributed by atoms with Crippen LogP contribution >= 0.6 is 11.6 Å². The van der Waals surface area contributed by atoms with Gasteiger partial charge in [-0.15, -0.1) is 0 Å². The van der Waals surface area contributed by atoms with Crippen LogP contribution in [0.5, 0.6) is 0 Å². The zero-order valence-corrected chi connectivity index (χ0v) is 16.5. The first-order chi connectivity index (χ1) is 13.5. The highest BCUT2D eigenvalue weighted by Gasteiger charge is 2.31. The molecule has 1 saturated heterocycles. The fourth-order valence-corrected chi connectivity index (χ4v) is 5.21. The van der Waals surface area contributed by atoms with E-state index in [0.29, 0.717) is 24.4 Å². The summed E-state index contributed by atoms with van der Waals surface area (Å²) in [5.74, 6) is -0.103. The number of benzene rings is 2. The van der Waals surface area contributed by atoms with Crippen molar-refractivity contribution in [3.8, 4) is 0 Å². The van der Waals surface area contributed by atoms with Gasteiger partial charge in [0.2, 0.25) is 15.9 Å². The molecule has 0 N–H and O–H groups in total. The maximum Gasteiger partial charge on any atom is 0.244 e. The molecule has 1 aliphatic heterocycles. The molecule has 7 nitrogen and oxygen atoms in total. The lowest BCUT2D eigenvalue weighted by Gasteiger charge is -2.34. The Labute approximate surface area is 167 Å². The fraction of sp³-hybridized carbons (Fsp3) is 0.263. The molecule has 2 heterocycles. The Bertz CT molecular complexity index is 1120. The molecule has 0 radical (unpaired) electrons. The van der Waals surface area contributed by atoms with Gasteiger partial charge in [0, 0.05) is 31.6 Å². The average Bonchev–Trinajstić information content (AvgIpc) is 3.11. The van der Waals surface area contributed by atoms with Crippen molar-refractivity contribution in [1.29, 1.82) is 0 Å². The van der Waals surface area contributed by atoms with Crippen molar-refractivity contribution in [2.75, 3.05) is 26.2 Å². The summed E-state index contributed by atoms with van der Waals surface area (Å²) in [6.45, 7) is 1.08. The molecule has 1 fully saturated rings. The van der Waals surface area contributed by atoms with Crippen LogP contribution in [0.2, 0.25) is 5.02 Å². The maximum atomic E-state index is 12.8. The minimum Gasteiger partial charge on any atom is -0.356 e. The smallest absolute Gasteiger partial charge is 0.244 e. The largest absolute Gasteiger partial charge is 0.356 e. The summed E-state index contributed by atoms with van der Waals surface area (Å²) in [6.07, 6.45) is 0.119. The first kappa shape index (κ1) is 18.9. The third kappa shape index (κ3) is 3.50. The van der Waals surface area contributed by atoms with E-state index >= 15 is 0 Å². The van der Waals surface area contributed by atoms with E-state index in [0.717, 1.165) is 5.39 Å². The topological polar surface area (TPSA) is 83.7 Å². The molecule has 0 bridgehead atoms. The van der Waals surface area contributed by atoms with Crippen LogP contribution in [0.1, 0.15) is 5.69 Å². The van der Waals surface area contributed by atoms with Gasteiger partial charge in [0.25, 0.3) is 0 Å². The molecule has 0 saturated carbocycles. The summed E-state index contributed by atoms with van der Waals surface area (Å²) in [4.78, 5) is 14.4. The first-order valence-electron chi connectivity index (χ1n) is 8.82. The molecule has 9 heteroatoms. The van der Waals surface area contributed by atoms with Crippen LogP contribution < -0.4 is 0 Å². The number of nitrogens with zero attached hydrogens (tertiary/aromatic N) is 3. The number of sulfonamides is 1. The Morgan fingerprint density at radius 3 is 2.46 bits per heavy atom. The van der Waals surface area contributed by atoms with E-state index in [1.165, 1.54) is 10.4 Å². The number of aromatic nitrogens is 1. The molecular weight excluding hydrogens is 402 g/mol. The summed E-state index contributed by atoms with van der Waals surface area (Å²) in [5, 5.41) is 5.00. The number of piperazine rings is 1. The summed E-state index contributed by atoms with van der Waals surface area (Å²) in [7, 11) is -3.68. The van der Waals surface area contributed by atoms with Crippen molar-refractivity contribution in [3.63, 3.8) is 0 Å². The summed E-state index contributed by atoms with van der Waals surface area (Å²) in [5.41, 5.74) is 1.23. The Balaban J connectivity index is 1.42. The van der Waals surface area contributed by atoms with Crippen LogP contribution in [0.3, 0.4) is 0 Å². The minimum absolute atomic E-state index is 0.0884. The predicted octanol–water partition coefficient (Wildman–Crippen LogP) is 2.56. The Morgan fingerprint density at radius 1 is 1.04 bits per heavy atom. The van der Waals surface area contributed by atoms with Gasteiger partial charge in [-0.1, -0.05) is 41.0 Å². The summed E-state index contributed by atoms with van der Waals surface area (Å²) >= 11 is 6.05. The lowest BCUT2D eigenvalue weighted by Crippen LogP contribution is -2.50. The highest BCUT2D eigenvalue weighted by molar-refractivity contribution is 7.89. The van der Waals surface area contributed by atoms with Crippen molar-refractivity contribution in [2.24, 2.45) is 0 Å². The second-order valence-electron chi connectivity index (χ2n) is 6.52. The van der Waals surface area contributed by atoms with Gasteiger partial charge < -0.3 is 9.42 Å². The Kier molecular flexibility index (Phi) is 5.09. The average molecular weight is 420 g/mol. The molecule has 4 rings (SSSR count). The molecule has 1 aliphatic rings. The molecule has 146 valence electrons. The van der Waals surface area contributed by atoms with Crippen molar-refractivity contribution in [2.45, 2.75) is 11.3 Å². The van der Waals surface area contributed by atoms with E-state index in [4.69, 9.17) is 16.1 Å². The third-order valence-corrected chi connectivity index (χ3v) is 7.22. The van der Waals surface area contributed by atoms with Crippen molar-refractivity contribution >= 4 is 38.5 Å². The van der Waals surface area contributed by atoms with Crippen LogP contribution in [0.25, 0.3) is 11.0 Å². The SMILES string of the molecule is O=C(Cc1noc2ccccc12)N1CCN(S(=O)(=O)c2ccccc2Cl)CC1. The number of rotatable bonds is 4. The Hall–Kier alpha value is -2.42. The van der Waals surface area contributed by atoms with Crippen molar-refractivity contribution in [1.82, 2.24) is 14.4 Å². The van der Waals surface area contributed by atoms with Crippen LogP contribution in [0.4, 0.5) is 0 Å². The highest BCUT2D eigenvalue weighted by Crippen LogP contribution is 2.25. The predicted molar refractivity (Wildman–Crippen MR) is 105 cm³/mol. The molecule has 0 unspecified atom stereocenters. The van der Waals surface area contributed by atoms with Gasteiger partial charge >= 0.3 is 0 Å². The lowest BCUT2D eigenvalue weighted by molar-refractivity contribution is -0.131. The molecule has 3 aromatic rings. The number of amides is 1. The lowest BCUT2D eigenvalue weighted by atomic mass is 10.1. The van der Waals surface area contributed by atoms with Crippen LogP contribution in [-0.2, 0) is 21.2 Å². The van der Waals surface area contributed by atoms with Gasteiger partial charge in [0.15, 0.2) is 5.58 Å². The van der Waals surface area contributed by atoms with E-state index in [2.05, 4.69) is 5.16 Å². The number of carbonyl (C=O) groups excluding carboxylic acids is 1. The third-order valence-electron chi connectivity index (χ3n) is 4.82. The standard InChI is InChI=1S/C19H18ClN3O4S/c20-15-6-2-4-8-18(15)28(25,26)23-11-9-22(10-12-23)19(24)13-16-14-5-1-3-7-17(14)27-21-16/h1-8H,9-13H2. The van der Waals surface area contributed by atoms with Crippen molar-refractivity contribution < 1.29 is 17.7 Å². The number of carbonyl (C=O) groups is 1. The second kappa shape index (κ2) is 7.54. The normalized spacial score (nSPS) is 15.8. The summed E-state index contributed by atoms with van der Waals surface area (Å²) in [6, 6.07) is 13.7. The molecule has 2 aromatic carbocycles. The maximum absolute atomic E-state index is 12.8. The molecular formula is C19H18ClN3O4S. The molecule has 28 heavy (non-hydrogen) atoms. The number of hydrogen-bond donors (Lipinski definition) is 0. The molecule has 1 aromatic heterocycles. The minimum atomic E-state index is -3.68. The first-order valence-corrected chi connectivity index (χ1v) is 10.6. The van der Waals surface area contributed by atoms with Gasteiger partial charge in [-0.05, 0) is 24.3 Å². The number of fused-ring (bicyclic) bond motifs is 1. The quantitative estimate of drug-likeness (QED) is 0.649. The Morgan fingerprint density at radius 2 is 1.71 bits per heavy atom. The van der Waals surface area contributed by atoms with Crippen LogP contribution in [-0.4, -0.2) is 54.9 Å². The zero-order valence-electron chi connectivity index (χ0n) is 14.9. The van der Waals surface area contributed by atoms with Crippen LogP contribution in [0.15, 0.2) is 57.9 Å². The van der Waals surface area contributed by atoms with E-state index in [1.54, 1.807) is 29.2 Å². The van der Waals surface area contributed by atoms with Gasteiger partial charge in [-0.25, -0.2) is 8.42 Å². The van der Waals surface area contributed by atoms with Crippen molar-refractivity contribution in [3.05, 3.63) is 59.2 Å². The van der Waals surface area contributed by atoms with Gasteiger partial charge in [-0.2, -0.15) is 4.31 Å². The number of halogens is 1. The zero-order chi connectivity index (χ0) is 19.7.